The summed E-state index contributed by atoms with van der Waals surface area (Å²) in [5.41, 5.74) is 2.97. The standard InChI is InChI=1S/C14H11BrCl3N/c1-8-4-9(15)6-10(5-8)19-7-11-12(16)2-3-13(17)14(11)18/h2-6,19H,7H2,1H3. The van der Waals surface area contributed by atoms with Crippen molar-refractivity contribution in [1.29, 1.82) is 0 Å². The lowest BCUT2D eigenvalue weighted by Gasteiger charge is -2.12. The third-order valence-corrected chi connectivity index (χ3v) is 4.31. The maximum absolute atomic E-state index is 6.16. The van der Waals surface area contributed by atoms with E-state index in [0.29, 0.717) is 21.6 Å². The van der Waals surface area contributed by atoms with E-state index < -0.39 is 0 Å². The van der Waals surface area contributed by atoms with E-state index in [1.54, 1.807) is 12.1 Å². The second kappa shape index (κ2) is 6.36. The van der Waals surface area contributed by atoms with Crippen molar-refractivity contribution in [2.45, 2.75) is 13.5 Å². The third kappa shape index (κ3) is 3.79. The van der Waals surface area contributed by atoms with Gasteiger partial charge in [-0.3, -0.25) is 0 Å². The molecule has 0 fully saturated rings. The molecule has 19 heavy (non-hydrogen) atoms. The highest BCUT2D eigenvalue weighted by Gasteiger charge is 2.09. The lowest BCUT2D eigenvalue weighted by Crippen LogP contribution is -2.01. The molecule has 5 heteroatoms. The number of rotatable bonds is 3. The van der Waals surface area contributed by atoms with Crippen LogP contribution < -0.4 is 5.32 Å². The average Bonchev–Trinajstić information content (AvgIpc) is 2.33. The topological polar surface area (TPSA) is 12.0 Å². The van der Waals surface area contributed by atoms with Gasteiger partial charge in [0.25, 0.3) is 0 Å². The maximum atomic E-state index is 6.16. The van der Waals surface area contributed by atoms with Gasteiger partial charge in [0.1, 0.15) is 0 Å². The van der Waals surface area contributed by atoms with Gasteiger partial charge in [-0.2, -0.15) is 0 Å². The average molecular weight is 380 g/mol. The van der Waals surface area contributed by atoms with Crippen LogP contribution >= 0.6 is 50.7 Å². The molecule has 0 aliphatic heterocycles. The normalized spacial score (nSPS) is 10.6. The maximum Gasteiger partial charge on any atom is 0.0657 e. The molecule has 1 nitrogen and oxygen atoms in total. The molecule has 0 saturated carbocycles. The Kier molecular flexibility index (Phi) is 5.02. The van der Waals surface area contributed by atoms with Gasteiger partial charge in [-0.15, -0.1) is 0 Å². The molecule has 0 unspecified atom stereocenters. The molecule has 0 saturated heterocycles. The van der Waals surface area contributed by atoms with Gasteiger partial charge in [0.15, 0.2) is 0 Å². The van der Waals surface area contributed by atoms with E-state index in [4.69, 9.17) is 34.8 Å². The molecule has 0 amide bonds. The molecule has 2 rings (SSSR count). The van der Waals surface area contributed by atoms with Crippen molar-refractivity contribution in [2.75, 3.05) is 5.32 Å². The van der Waals surface area contributed by atoms with E-state index in [2.05, 4.69) is 27.3 Å². The Morgan fingerprint density at radius 3 is 2.42 bits per heavy atom. The molecule has 0 atom stereocenters. The summed E-state index contributed by atoms with van der Waals surface area (Å²) in [6.07, 6.45) is 0. The fourth-order valence-electron chi connectivity index (χ4n) is 1.76. The molecule has 0 heterocycles. The van der Waals surface area contributed by atoms with Crippen LogP contribution in [0.3, 0.4) is 0 Å². The van der Waals surface area contributed by atoms with Crippen molar-refractivity contribution in [3.05, 3.63) is 61.0 Å². The minimum Gasteiger partial charge on any atom is -0.381 e. The van der Waals surface area contributed by atoms with E-state index >= 15 is 0 Å². The molecule has 1 N–H and O–H groups in total. The number of anilines is 1. The Morgan fingerprint density at radius 1 is 1.05 bits per heavy atom. The number of halogens is 4. The molecular weight excluding hydrogens is 368 g/mol. The van der Waals surface area contributed by atoms with Crippen LogP contribution in [0.1, 0.15) is 11.1 Å². The molecule has 2 aromatic rings. The first-order valence-corrected chi connectivity index (χ1v) is 7.53. The lowest BCUT2D eigenvalue weighted by molar-refractivity contribution is 1.15. The van der Waals surface area contributed by atoms with E-state index in [-0.39, 0.29) is 0 Å². The van der Waals surface area contributed by atoms with E-state index in [1.165, 1.54) is 5.56 Å². The smallest absolute Gasteiger partial charge is 0.0657 e. The number of hydrogen-bond acceptors (Lipinski definition) is 1. The summed E-state index contributed by atoms with van der Waals surface area (Å²) in [6.45, 7) is 2.56. The van der Waals surface area contributed by atoms with Gasteiger partial charge in [-0.25, -0.2) is 0 Å². The van der Waals surface area contributed by atoms with Crippen LogP contribution in [-0.2, 0) is 6.54 Å². The van der Waals surface area contributed by atoms with Crippen LogP contribution in [0.2, 0.25) is 15.1 Å². The number of hydrogen-bond donors (Lipinski definition) is 1. The quantitative estimate of drug-likeness (QED) is 0.615. The Labute approximate surface area is 136 Å². The minimum atomic E-state index is 0.494. The van der Waals surface area contributed by atoms with Gasteiger partial charge in [-0.05, 0) is 42.8 Å². The molecule has 0 spiro atoms. The largest absolute Gasteiger partial charge is 0.381 e. The van der Waals surface area contributed by atoms with Gasteiger partial charge in [0.2, 0.25) is 0 Å². The molecule has 100 valence electrons. The lowest BCUT2D eigenvalue weighted by atomic mass is 10.2. The van der Waals surface area contributed by atoms with Crippen LogP contribution in [-0.4, -0.2) is 0 Å². The minimum absolute atomic E-state index is 0.494. The third-order valence-electron chi connectivity index (χ3n) is 2.65. The van der Waals surface area contributed by atoms with Crippen molar-refractivity contribution < 1.29 is 0 Å². The summed E-state index contributed by atoms with van der Waals surface area (Å²) in [5.74, 6) is 0. The molecule has 0 aliphatic carbocycles. The molecule has 0 radical (unpaired) electrons. The zero-order valence-electron chi connectivity index (χ0n) is 10.1. The summed E-state index contributed by atoms with van der Waals surface area (Å²) in [7, 11) is 0. The first kappa shape index (κ1) is 15.0. The number of benzene rings is 2. The summed E-state index contributed by atoms with van der Waals surface area (Å²) in [6, 6.07) is 9.54. The molecule has 0 bridgehead atoms. The number of nitrogens with one attached hydrogen (secondary N) is 1. The summed E-state index contributed by atoms with van der Waals surface area (Å²) < 4.78 is 1.03. The number of aryl methyl sites for hydroxylation is 1. The van der Waals surface area contributed by atoms with Crippen molar-refractivity contribution in [3.63, 3.8) is 0 Å². The summed E-state index contributed by atoms with van der Waals surface area (Å²) >= 11 is 21.8. The van der Waals surface area contributed by atoms with Crippen LogP contribution in [0, 0.1) is 6.92 Å². The van der Waals surface area contributed by atoms with E-state index in [0.717, 1.165) is 15.7 Å². The Bertz CT molecular complexity index is 594. The van der Waals surface area contributed by atoms with Crippen molar-refractivity contribution in [1.82, 2.24) is 0 Å². The van der Waals surface area contributed by atoms with Crippen LogP contribution in [0.25, 0.3) is 0 Å². The first-order valence-electron chi connectivity index (χ1n) is 5.61. The SMILES string of the molecule is Cc1cc(Br)cc(NCc2c(Cl)ccc(Cl)c2Cl)c1. The fraction of sp³-hybridized carbons (Fsp3) is 0.143. The molecule has 2 aromatic carbocycles. The van der Waals surface area contributed by atoms with Crippen LogP contribution in [0.5, 0.6) is 0 Å². The van der Waals surface area contributed by atoms with Gasteiger partial charge < -0.3 is 5.32 Å². The van der Waals surface area contributed by atoms with Gasteiger partial charge in [-0.1, -0.05) is 50.7 Å². The second-order valence-corrected chi connectivity index (χ2v) is 6.30. The van der Waals surface area contributed by atoms with Crippen LogP contribution in [0.15, 0.2) is 34.8 Å². The van der Waals surface area contributed by atoms with Gasteiger partial charge in [0.05, 0.1) is 10.0 Å². The van der Waals surface area contributed by atoms with Crippen molar-refractivity contribution in [2.24, 2.45) is 0 Å². The van der Waals surface area contributed by atoms with Crippen molar-refractivity contribution >= 4 is 56.4 Å². The second-order valence-electron chi connectivity index (χ2n) is 4.19. The monoisotopic (exact) mass is 377 g/mol. The summed E-state index contributed by atoms with van der Waals surface area (Å²) in [4.78, 5) is 0. The first-order chi connectivity index (χ1) is 8.97. The highest BCUT2D eigenvalue weighted by Crippen LogP contribution is 2.32. The zero-order valence-corrected chi connectivity index (χ0v) is 14.0. The summed E-state index contributed by atoms with van der Waals surface area (Å²) in [5, 5.41) is 4.90. The van der Waals surface area contributed by atoms with Crippen LogP contribution in [0.4, 0.5) is 5.69 Å². The van der Waals surface area contributed by atoms with E-state index in [9.17, 15) is 0 Å². The molecule has 0 aliphatic rings. The highest BCUT2D eigenvalue weighted by molar-refractivity contribution is 9.10. The Morgan fingerprint density at radius 2 is 1.74 bits per heavy atom. The van der Waals surface area contributed by atoms with Gasteiger partial charge in [0, 0.05) is 27.3 Å². The highest BCUT2D eigenvalue weighted by atomic mass is 79.9. The fourth-order valence-corrected chi connectivity index (χ4v) is 3.05. The Balaban J connectivity index is 2.21. The zero-order chi connectivity index (χ0) is 14.0. The van der Waals surface area contributed by atoms with Gasteiger partial charge >= 0.3 is 0 Å². The predicted octanol–water partition coefficient (Wildman–Crippen LogP) is 6.33. The predicted molar refractivity (Wildman–Crippen MR) is 87.7 cm³/mol. The van der Waals surface area contributed by atoms with Crippen molar-refractivity contribution in [3.8, 4) is 0 Å². The van der Waals surface area contributed by atoms with E-state index in [1.807, 2.05) is 19.1 Å². The molecular formula is C14H11BrCl3N. The Hall–Kier alpha value is -0.410. The molecule has 0 aromatic heterocycles.